The van der Waals surface area contributed by atoms with Gasteiger partial charge in [0, 0.05) is 27.2 Å². The minimum atomic E-state index is -0.518. The van der Waals surface area contributed by atoms with E-state index in [1.165, 1.54) is 20.8 Å². The summed E-state index contributed by atoms with van der Waals surface area (Å²) >= 11 is 0. The Morgan fingerprint density at radius 2 is 1.62 bits per heavy atom. The molecule has 1 rings (SSSR count). The number of hydrogen-bond donors (Lipinski definition) is 1. The van der Waals surface area contributed by atoms with Crippen molar-refractivity contribution in [2.75, 3.05) is 11.9 Å². The molecule has 1 aromatic carbocycles. The van der Waals surface area contributed by atoms with Gasteiger partial charge in [0.2, 0.25) is 5.91 Å². The van der Waals surface area contributed by atoms with Crippen LogP contribution in [0.15, 0.2) is 12.1 Å². The second kappa shape index (κ2) is 16.0. The molecule has 0 aromatic heterocycles. The number of carbonyl (C=O) groups is 4. The minimum Gasteiger partial charge on any atom is -0.466 e. The standard InChI is InChI=1S/C27H41NO6/c1-6-8-9-10-11-12-25(32)27-24(28-19(3)29)17-23(18-26(27)34-21(5)31)14-13-22(7-2)15-16-33-20(4)30/h17-18,22H,6-16H2,1-5H3,(H,28,29). The van der Waals surface area contributed by atoms with Gasteiger partial charge in [0.1, 0.15) is 5.75 Å². The molecule has 1 aromatic rings. The Morgan fingerprint density at radius 1 is 0.912 bits per heavy atom. The highest BCUT2D eigenvalue weighted by Gasteiger charge is 2.21. The molecule has 0 aliphatic carbocycles. The van der Waals surface area contributed by atoms with Gasteiger partial charge in [-0.3, -0.25) is 19.2 Å². The number of anilines is 1. The molecule has 1 unspecified atom stereocenters. The first-order chi connectivity index (χ1) is 16.2. The number of carbonyl (C=O) groups excluding carboxylic acids is 4. The van der Waals surface area contributed by atoms with Gasteiger partial charge >= 0.3 is 11.9 Å². The average molecular weight is 476 g/mol. The van der Waals surface area contributed by atoms with E-state index in [-0.39, 0.29) is 29.0 Å². The first-order valence-electron chi connectivity index (χ1n) is 12.5. The van der Waals surface area contributed by atoms with E-state index in [9.17, 15) is 19.2 Å². The smallest absolute Gasteiger partial charge is 0.308 e. The molecule has 0 aliphatic rings. The van der Waals surface area contributed by atoms with Crippen molar-refractivity contribution in [3.8, 4) is 5.75 Å². The van der Waals surface area contributed by atoms with Gasteiger partial charge in [-0.2, -0.15) is 0 Å². The molecule has 0 spiro atoms. The Hall–Kier alpha value is -2.70. The Morgan fingerprint density at radius 3 is 2.21 bits per heavy atom. The minimum absolute atomic E-state index is 0.143. The van der Waals surface area contributed by atoms with E-state index in [2.05, 4.69) is 19.2 Å². The lowest BCUT2D eigenvalue weighted by Gasteiger charge is -2.18. The van der Waals surface area contributed by atoms with E-state index < -0.39 is 5.97 Å². The van der Waals surface area contributed by atoms with Gasteiger partial charge in [-0.25, -0.2) is 0 Å². The van der Waals surface area contributed by atoms with Crippen LogP contribution in [0.25, 0.3) is 0 Å². The van der Waals surface area contributed by atoms with Crippen LogP contribution in [0.3, 0.4) is 0 Å². The molecule has 1 atom stereocenters. The Labute approximate surface area is 204 Å². The maximum Gasteiger partial charge on any atom is 0.308 e. The van der Waals surface area contributed by atoms with Crippen LogP contribution in [0.4, 0.5) is 5.69 Å². The fourth-order valence-corrected chi connectivity index (χ4v) is 3.93. The van der Waals surface area contributed by atoms with Crippen molar-refractivity contribution in [3.05, 3.63) is 23.3 Å². The highest BCUT2D eigenvalue weighted by Crippen LogP contribution is 2.32. The van der Waals surface area contributed by atoms with Crippen LogP contribution in [0, 0.1) is 5.92 Å². The van der Waals surface area contributed by atoms with E-state index in [1.54, 1.807) is 12.1 Å². The number of esters is 2. The zero-order valence-electron chi connectivity index (χ0n) is 21.5. The highest BCUT2D eigenvalue weighted by atomic mass is 16.5. The highest BCUT2D eigenvalue weighted by molar-refractivity contribution is 6.07. The molecule has 0 radical (unpaired) electrons. The molecule has 0 fully saturated rings. The summed E-state index contributed by atoms with van der Waals surface area (Å²) in [6.45, 7) is 8.70. The Balaban J connectivity index is 3.10. The zero-order chi connectivity index (χ0) is 25.5. The first kappa shape index (κ1) is 29.3. The number of nitrogens with one attached hydrogen (secondary N) is 1. The number of benzene rings is 1. The van der Waals surface area contributed by atoms with Crippen LogP contribution in [-0.2, 0) is 25.5 Å². The van der Waals surface area contributed by atoms with Crippen molar-refractivity contribution in [2.24, 2.45) is 5.92 Å². The predicted octanol–water partition coefficient (Wildman–Crippen LogP) is 6.03. The van der Waals surface area contributed by atoms with Gasteiger partial charge in [0.15, 0.2) is 5.78 Å². The van der Waals surface area contributed by atoms with E-state index >= 15 is 0 Å². The maximum absolute atomic E-state index is 13.1. The summed E-state index contributed by atoms with van der Waals surface area (Å²) in [5.41, 5.74) is 1.50. The number of Topliss-reactive ketones (excluding diaryl/α,β-unsaturated/α-hetero) is 1. The second-order valence-corrected chi connectivity index (χ2v) is 8.82. The zero-order valence-corrected chi connectivity index (χ0v) is 21.5. The summed E-state index contributed by atoms with van der Waals surface area (Å²) in [5.74, 6) is -0.695. The first-order valence-corrected chi connectivity index (χ1v) is 12.5. The second-order valence-electron chi connectivity index (χ2n) is 8.82. The van der Waals surface area contributed by atoms with E-state index in [0.717, 1.165) is 56.9 Å². The topological polar surface area (TPSA) is 98.8 Å². The van der Waals surface area contributed by atoms with Crippen LogP contribution in [0.1, 0.15) is 108 Å². The van der Waals surface area contributed by atoms with E-state index in [4.69, 9.17) is 9.47 Å². The van der Waals surface area contributed by atoms with Gasteiger partial charge in [0.25, 0.3) is 0 Å². The SMILES string of the molecule is CCCCCCCC(=O)c1c(NC(C)=O)cc(CCC(CC)CCOC(C)=O)cc1OC(C)=O. The normalized spacial score (nSPS) is 11.6. The van der Waals surface area contributed by atoms with Crippen molar-refractivity contribution in [1.29, 1.82) is 0 Å². The molecule has 7 nitrogen and oxygen atoms in total. The molecule has 0 saturated heterocycles. The lowest BCUT2D eigenvalue weighted by Crippen LogP contribution is -2.15. The number of ether oxygens (including phenoxy) is 2. The van der Waals surface area contributed by atoms with Crippen LogP contribution in [-0.4, -0.2) is 30.2 Å². The summed E-state index contributed by atoms with van der Waals surface area (Å²) < 4.78 is 10.5. The molecule has 7 heteroatoms. The van der Waals surface area contributed by atoms with E-state index in [1.807, 2.05) is 0 Å². The largest absolute Gasteiger partial charge is 0.466 e. The monoisotopic (exact) mass is 475 g/mol. The third kappa shape index (κ3) is 11.4. The van der Waals surface area contributed by atoms with Crippen LogP contribution in [0.2, 0.25) is 0 Å². The Kier molecular flexibility index (Phi) is 13.8. The summed E-state index contributed by atoms with van der Waals surface area (Å²) in [5, 5.41) is 2.76. The lowest BCUT2D eigenvalue weighted by atomic mass is 9.92. The van der Waals surface area contributed by atoms with Crippen LogP contribution < -0.4 is 10.1 Å². The average Bonchev–Trinajstić information content (AvgIpc) is 2.74. The summed E-state index contributed by atoms with van der Waals surface area (Å²) in [6, 6.07) is 3.54. The third-order valence-electron chi connectivity index (χ3n) is 5.76. The molecule has 0 bridgehead atoms. The molecular formula is C27H41NO6. The fraction of sp³-hybridized carbons (Fsp3) is 0.630. The van der Waals surface area contributed by atoms with Crippen molar-refractivity contribution >= 4 is 29.3 Å². The van der Waals surface area contributed by atoms with E-state index in [0.29, 0.717) is 31.1 Å². The molecule has 1 amide bonds. The molecule has 190 valence electrons. The lowest BCUT2D eigenvalue weighted by molar-refractivity contribution is -0.141. The maximum atomic E-state index is 13.1. The number of hydrogen-bond acceptors (Lipinski definition) is 6. The van der Waals surface area contributed by atoms with Crippen LogP contribution >= 0.6 is 0 Å². The molecular weight excluding hydrogens is 434 g/mol. The summed E-state index contributed by atoms with van der Waals surface area (Å²) in [6.07, 6.45) is 8.59. The number of rotatable bonds is 16. The van der Waals surface area contributed by atoms with Crippen molar-refractivity contribution in [3.63, 3.8) is 0 Å². The van der Waals surface area contributed by atoms with Crippen LogP contribution in [0.5, 0.6) is 5.75 Å². The van der Waals surface area contributed by atoms with Crippen molar-refractivity contribution in [1.82, 2.24) is 0 Å². The van der Waals surface area contributed by atoms with Gasteiger partial charge in [-0.1, -0.05) is 46.0 Å². The third-order valence-corrected chi connectivity index (χ3v) is 5.76. The predicted molar refractivity (Wildman–Crippen MR) is 133 cm³/mol. The van der Waals surface area contributed by atoms with Gasteiger partial charge in [-0.15, -0.1) is 0 Å². The molecule has 34 heavy (non-hydrogen) atoms. The van der Waals surface area contributed by atoms with Crippen molar-refractivity contribution in [2.45, 2.75) is 98.8 Å². The molecule has 0 heterocycles. The number of unbranched alkanes of at least 4 members (excludes halogenated alkanes) is 4. The molecule has 1 N–H and O–H groups in total. The van der Waals surface area contributed by atoms with Gasteiger partial charge in [0.05, 0.1) is 17.9 Å². The van der Waals surface area contributed by atoms with Gasteiger partial charge in [-0.05, 0) is 49.3 Å². The molecule has 0 aliphatic heterocycles. The number of aryl methyl sites for hydroxylation is 1. The number of amides is 1. The summed E-state index contributed by atoms with van der Waals surface area (Å²) in [4.78, 5) is 47.8. The fourth-order valence-electron chi connectivity index (χ4n) is 3.93. The Bertz CT molecular complexity index is 795. The quantitative estimate of drug-likeness (QED) is 0.136. The van der Waals surface area contributed by atoms with Crippen molar-refractivity contribution < 1.29 is 28.7 Å². The number of ketones is 1. The molecule has 0 saturated carbocycles. The summed E-state index contributed by atoms with van der Waals surface area (Å²) in [7, 11) is 0. The van der Waals surface area contributed by atoms with Gasteiger partial charge < -0.3 is 14.8 Å².